The molecule has 0 saturated heterocycles. The summed E-state index contributed by atoms with van der Waals surface area (Å²) in [4.78, 5) is 17.2. The third-order valence-electron chi connectivity index (χ3n) is 5.30. The molecule has 1 aromatic heterocycles. The molecule has 0 spiro atoms. The zero-order chi connectivity index (χ0) is 17.8. The highest BCUT2D eigenvalue weighted by atomic mass is 16.1. The smallest absolute Gasteiger partial charge is 0.223 e. The number of amides is 1. The molecular weight excluding hydrogens is 322 g/mol. The standard InChI is InChI=1S/C22H25N3O/c26-22(18-11-5-2-6-12-18)23-15-16-25-20-14-8-7-13-19(20)24-21(25)17-9-3-1-4-10-17/h1,3-4,7-10,13-14,18H,2,5-6,11-12,15-16H2,(H,23,26). The lowest BCUT2D eigenvalue weighted by atomic mass is 9.89. The molecule has 1 heterocycles. The van der Waals surface area contributed by atoms with E-state index in [4.69, 9.17) is 4.98 Å². The van der Waals surface area contributed by atoms with Crippen LogP contribution in [0.4, 0.5) is 0 Å². The number of imidazole rings is 1. The predicted octanol–water partition coefficient (Wildman–Crippen LogP) is 4.40. The summed E-state index contributed by atoms with van der Waals surface area (Å²) >= 11 is 0. The lowest BCUT2D eigenvalue weighted by Crippen LogP contribution is -2.34. The van der Waals surface area contributed by atoms with Crippen molar-refractivity contribution in [3.8, 4) is 11.4 Å². The van der Waals surface area contributed by atoms with Crippen LogP contribution in [-0.4, -0.2) is 22.0 Å². The summed E-state index contributed by atoms with van der Waals surface area (Å²) in [6.07, 6.45) is 5.71. The first kappa shape index (κ1) is 16.8. The lowest BCUT2D eigenvalue weighted by molar-refractivity contribution is -0.125. The van der Waals surface area contributed by atoms with Gasteiger partial charge in [0.05, 0.1) is 11.0 Å². The molecule has 4 heteroatoms. The molecule has 1 aliphatic carbocycles. The molecule has 1 saturated carbocycles. The summed E-state index contributed by atoms with van der Waals surface area (Å²) in [6.45, 7) is 1.36. The molecule has 0 unspecified atom stereocenters. The van der Waals surface area contributed by atoms with Crippen molar-refractivity contribution in [2.45, 2.75) is 38.6 Å². The molecule has 1 amide bonds. The minimum Gasteiger partial charge on any atom is -0.354 e. The number of para-hydroxylation sites is 2. The first-order valence-electron chi connectivity index (χ1n) is 9.61. The number of nitrogens with zero attached hydrogens (tertiary/aromatic N) is 2. The van der Waals surface area contributed by atoms with Crippen LogP contribution in [0.25, 0.3) is 22.4 Å². The van der Waals surface area contributed by atoms with Crippen molar-refractivity contribution < 1.29 is 4.79 Å². The van der Waals surface area contributed by atoms with Gasteiger partial charge in [-0.05, 0) is 25.0 Å². The molecule has 0 aliphatic heterocycles. The van der Waals surface area contributed by atoms with Crippen LogP contribution < -0.4 is 5.32 Å². The number of carbonyl (C=O) groups excluding carboxylic acids is 1. The molecule has 0 atom stereocenters. The fourth-order valence-electron chi connectivity index (χ4n) is 3.91. The average molecular weight is 347 g/mol. The SMILES string of the molecule is O=C(NCCn1c(-c2ccccc2)nc2ccccc21)C1CCCCC1. The maximum atomic E-state index is 12.4. The van der Waals surface area contributed by atoms with Crippen LogP contribution in [0.2, 0.25) is 0 Å². The van der Waals surface area contributed by atoms with Crippen molar-refractivity contribution >= 4 is 16.9 Å². The minimum absolute atomic E-state index is 0.205. The molecule has 26 heavy (non-hydrogen) atoms. The molecule has 0 bridgehead atoms. The number of fused-ring (bicyclic) bond motifs is 1. The van der Waals surface area contributed by atoms with Crippen molar-refractivity contribution in [1.82, 2.24) is 14.9 Å². The van der Waals surface area contributed by atoms with Gasteiger partial charge < -0.3 is 9.88 Å². The average Bonchev–Trinajstić information content (AvgIpc) is 3.08. The van der Waals surface area contributed by atoms with Crippen LogP contribution in [-0.2, 0) is 11.3 Å². The number of aromatic nitrogens is 2. The summed E-state index contributed by atoms with van der Waals surface area (Å²) < 4.78 is 2.21. The summed E-state index contributed by atoms with van der Waals surface area (Å²) in [5.41, 5.74) is 3.20. The van der Waals surface area contributed by atoms with Crippen molar-refractivity contribution in [3.63, 3.8) is 0 Å². The highest BCUT2D eigenvalue weighted by molar-refractivity contribution is 5.81. The van der Waals surface area contributed by atoms with E-state index in [9.17, 15) is 4.79 Å². The second kappa shape index (κ2) is 7.73. The molecule has 4 nitrogen and oxygen atoms in total. The molecule has 1 N–H and O–H groups in total. The monoisotopic (exact) mass is 347 g/mol. The summed E-state index contributed by atoms with van der Waals surface area (Å²) in [5, 5.41) is 3.15. The van der Waals surface area contributed by atoms with E-state index in [2.05, 4.69) is 28.1 Å². The number of hydrogen-bond donors (Lipinski definition) is 1. The van der Waals surface area contributed by atoms with Crippen molar-refractivity contribution in [2.24, 2.45) is 5.92 Å². The number of rotatable bonds is 5. The highest BCUT2D eigenvalue weighted by Gasteiger charge is 2.20. The Labute approximate surface area is 154 Å². The topological polar surface area (TPSA) is 46.9 Å². The quantitative estimate of drug-likeness (QED) is 0.743. The van der Waals surface area contributed by atoms with E-state index >= 15 is 0 Å². The van der Waals surface area contributed by atoms with Gasteiger partial charge >= 0.3 is 0 Å². The molecule has 0 radical (unpaired) electrons. The van der Waals surface area contributed by atoms with Gasteiger partial charge in [0.1, 0.15) is 5.82 Å². The van der Waals surface area contributed by atoms with E-state index in [-0.39, 0.29) is 11.8 Å². The van der Waals surface area contributed by atoms with E-state index in [0.717, 1.165) is 41.8 Å². The van der Waals surface area contributed by atoms with Crippen LogP contribution in [0.3, 0.4) is 0 Å². The van der Waals surface area contributed by atoms with Gasteiger partial charge in [-0.1, -0.05) is 61.7 Å². The van der Waals surface area contributed by atoms with Gasteiger partial charge in [-0.2, -0.15) is 0 Å². The number of hydrogen-bond acceptors (Lipinski definition) is 2. The molecule has 1 fully saturated rings. The maximum Gasteiger partial charge on any atom is 0.223 e. The summed E-state index contributed by atoms with van der Waals surface area (Å²) in [5.74, 6) is 1.38. The van der Waals surface area contributed by atoms with Gasteiger partial charge in [0.2, 0.25) is 5.91 Å². The van der Waals surface area contributed by atoms with E-state index < -0.39 is 0 Å². The highest BCUT2D eigenvalue weighted by Crippen LogP contribution is 2.25. The van der Waals surface area contributed by atoms with Crippen molar-refractivity contribution in [3.05, 3.63) is 54.6 Å². The Morgan fingerprint density at radius 1 is 1.00 bits per heavy atom. The van der Waals surface area contributed by atoms with Crippen LogP contribution in [0.1, 0.15) is 32.1 Å². The molecule has 134 valence electrons. The first-order chi connectivity index (χ1) is 12.8. The van der Waals surface area contributed by atoms with Crippen LogP contribution in [0.15, 0.2) is 54.6 Å². The van der Waals surface area contributed by atoms with E-state index in [1.54, 1.807) is 0 Å². The molecule has 2 aromatic carbocycles. The second-order valence-electron chi connectivity index (χ2n) is 7.07. The van der Waals surface area contributed by atoms with Gasteiger partial charge in [0, 0.05) is 24.6 Å². The van der Waals surface area contributed by atoms with Crippen molar-refractivity contribution in [2.75, 3.05) is 6.54 Å². The Kier molecular flexibility index (Phi) is 5.00. The van der Waals surface area contributed by atoms with E-state index in [1.165, 1.54) is 19.3 Å². The second-order valence-corrected chi connectivity index (χ2v) is 7.07. The zero-order valence-electron chi connectivity index (χ0n) is 15.0. The largest absolute Gasteiger partial charge is 0.354 e. The molecule has 4 rings (SSSR count). The predicted molar refractivity (Wildman–Crippen MR) is 105 cm³/mol. The van der Waals surface area contributed by atoms with Crippen molar-refractivity contribution in [1.29, 1.82) is 0 Å². The third-order valence-corrected chi connectivity index (χ3v) is 5.30. The van der Waals surface area contributed by atoms with Crippen LogP contribution in [0.5, 0.6) is 0 Å². The number of nitrogens with one attached hydrogen (secondary N) is 1. The van der Waals surface area contributed by atoms with Crippen LogP contribution >= 0.6 is 0 Å². The Morgan fingerprint density at radius 3 is 2.54 bits per heavy atom. The molecular formula is C22H25N3O. The Morgan fingerprint density at radius 2 is 1.73 bits per heavy atom. The lowest BCUT2D eigenvalue weighted by Gasteiger charge is -2.21. The van der Waals surface area contributed by atoms with Gasteiger partial charge in [-0.15, -0.1) is 0 Å². The van der Waals surface area contributed by atoms with Gasteiger partial charge in [-0.3, -0.25) is 4.79 Å². The summed E-state index contributed by atoms with van der Waals surface area (Å²) in [7, 11) is 0. The Hall–Kier alpha value is -2.62. The number of carbonyl (C=O) groups is 1. The van der Waals surface area contributed by atoms with Gasteiger partial charge in [0.25, 0.3) is 0 Å². The fourth-order valence-corrected chi connectivity index (χ4v) is 3.91. The number of benzene rings is 2. The maximum absolute atomic E-state index is 12.4. The normalized spacial score (nSPS) is 15.2. The third kappa shape index (κ3) is 3.50. The molecule has 1 aliphatic rings. The zero-order valence-corrected chi connectivity index (χ0v) is 15.0. The summed E-state index contributed by atoms with van der Waals surface area (Å²) in [6, 6.07) is 18.4. The van der Waals surface area contributed by atoms with Gasteiger partial charge in [0.15, 0.2) is 0 Å². The van der Waals surface area contributed by atoms with Crippen LogP contribution in [0, 0.1) is 5.92 Å². The van der Waals surface area contributed by atoms with E-state index in [0.29, 0.717) is 6.54 Å². The van der Waals surface area contributed by atoms with E-state index in [1.807, 2.05) is 36.4 Å². The first-order valence-corrected chi connectivity index (χ1v) is 9.61. The molecule has 3 aromatic rings. The Balaban J connectivity index is 1.52. The van der Waals surface area contributed by atoms with Gasteiger partial charge in [-0.25, -0.2) is 4.98 Å². The Bertz CT molecular complexity index is 879. The fraction of sp³-hybridized carbons (Fsp3) is 0.364. The minimum atomic E-state index is 0.205.